The van der Waals surface area contributed by atoms with Crippen LogP contribution < -0.4 is 5.73 Å². The number of hydrogen-bond donors (Lipinski definition) is 1. The lowest BCUT2D eigenvalue weighted by atomic mass is 9.85. The van der Waals surface area contributed by atoms with Crippen LogP contribution in [0.15, 0.2) is 0 Å². The second-order valence-electron chi connectivity index (χ2n) is 5.36. The summed E-state index contributed by atoms with van der Waals surface area (Å²) >= 11 is 0. The van der Waals surface area contributed by atoms with Crippen LogP contribution in [-0.2, 0) is 19.0 Å². The molecule has 0 aliphatic carbocycles. The van der Waals surface area contributed by atoms with Gasteiger partial charge in [-0.3, -0.25) is 4.79 Å². The molecular weight excluding hydrogens is 234 g/mol. The first-order valence-corrected chi connectivity index (χ1v) is 6.36. The van der Waals surface area contributed by atoms with Crippen LogP contribution in [0, 0.1) is 5.41 Å². The van der Waals surface area contributed by atoms with E-state index in [0.717, 1.165) is 0 Å². The molecule has 0 aliphatic rings. The highest BCUT2D eigenvalue weighted by Crippen LogP contribution is 2.19. The Kier molecular flexibility index (Phi) is 8.97. The van der Waals surface area contributed by atoms with E-state index in [2.05, 4.69) is 0 Å². The monoisotopic (exact) mass is 261 g/mol. The standard InChI is InChI=1S/C13H27NO4/c1-13(2,3)11(14)10-12(15)18-7-5-6-17-9-8-16-4/h11H,5-10,14H2,1-4H3. The van der Waals surface area contributed by atoms with Crippen LogP contribution in [0.1, 0.15) is 33.6 Å². The second kappa shape index (κ2) is 9.30. The zero-order chi connectivity index (χ0) is 14.0. The first-order valence-electron chi connectivity index (χ1n) is 6.36. The van der Waals surface area contributed by atoms with Crippen molar-refractivity contribution in [2.45, 2.75) is 39.7 Å². The van der Waals surface area contributed by atoms with Crippen molar-refractivity contribution in [1.82, 2.24) is 0 Å². The maximum Gasteiger partial charge on any atom is 0.307 e. The lowest BCUT2D eigenvalue weighted by molar-refractivity contribution is -0.145. The molecule has 108 valence electrons. The predicted molar refractivity (Wildman–Crippen MR) is 70.3 cm³/mol. The van der Waals surface area contributed by atoms with Crippen molar-refractivity contribution in [3.63, 3.8) is 0 Å². The van der Waals surface area contributed by atoms with Gasteiger partial charge in [-0.25, -0.2) is 0 Å². The van der Waals surface area contributed by atoms with Crippen molar-refractivity contribution in [3.8, 4) is 0 Å². The van der Waals surface area contributed by atoms with Gasteiger partial charge in [-0.15, -0.1) is 0 Å². The highest BCUT2D eigenvalue weighted by molar-refractivity contribution is 5.70. The molecule has 0 saturated carbocycles. The average molecular weight is 261 g/mol. The molecule has 18 heavy (non-hydrogen) atoms. The van der Waals surface area contributed by atoms with Crippen molar-refractivity contribution >= 4 is 5.97 Å². The molecule has 0 aromatic heterocycles. The van der Waals surface area contributed by atoms with Crippen molar-refractivity contribution in [1.29, 1.82) is 0 Å². The van der Waals surface area contributed by atoms with Gasteiger partial charge in [-0.1, -0.05) is 20.8 Å². The fourth-order valence-corrected chi connectivity index (χ4v) is 1.14. The highest BCUT2D eigenvalue weighted by Gasteiger charge is 2.23. The van der Waals surface area contributed by atoms with Crippen LogP contribution in [-0.4, -0.2) is 45.5 Å². The Labute approximate surface area is 110 Å². The normalized spacial score (nSPS) is 13.4. The summed E-state index contributed by atoms with van der Waals surface area (Å²) in [5, 5.41) is 0. The van der Waals surface area contributed by atoms with E-state index in [-0.39, 0.29) is 23.8 Å². The Bertz CT molecular complexity index is 226. The van der Waals surface area contributed by atoms with E-state index >= 15 is 0 Å². The van der Waals surface area contributed by atoms with Gasteiger partial charge in [0.2, 0.25) is 0 Å². The van der Waals surface area contributed by atoms with Crippen molar-refractivity contribution in [3.05, 3.63) is 0 Å². The smallest absolute Gasteiger partial charge is 0.307 e. The number of carbonyl (C=O) groups excluding carboxylic acids is 1. The minimum Gasteiger partial charge on any atom is -0.466 e. The summed E-state index contributed by atoms with van der Waals surface area (Å²) in [5.74, 6) is -0.241. The molecule has 1 unspecified atom stereocenters. The van der Waals surface area contributed by atoms with E-state index in [9.17, 15) is 4.79 Å². The van der Waals surface area contributed by atoms with Gasteiger partial charge in [0.1, 0.15) is 0 Å². The zero-order valence-electron chi connectivity index (χ0n) is 12.0. The lowest BCUT2D eigenvalue weighted by Crippen LogP contribution is -2.37. The van der Waals surface area contributed by atoms with Gasteiger partial charge in [-0.05, 0) is 5.41 Å². The average Bonchev–Trinajstić information content (AvgIpc) is 2.26. The number of ether oxygens (including phenoxy) is 3. The number of esters is 1. The summed E-state index contributed by atoms with van der Waals surface area (Å²) < 4.78 is 15.2. The maximum absolute atomic E-state index is 11.5. The molecule has 0 rings (SSSR count). The minimum atomic E-state index is -0.241. The quantitative estimate of drug-likeness (QED) is 0.501. The topological polar surface area (TPSA) is 70.8 Å². The Hall–Kier alpha value is -0.650. The van der Waals surface area contributed by atoms with Gasteiger partial charge in [0.05, 0.1) is 26.2 Å². The summed E-state index contributed by atoms with van der Waals surface area (Å²) in [5.41, 5.74) is 5.82. The van der Waals surface area contributed by atoms with Gasteiger partial charge in [0.15, 0.2) is 0 Å². The van der Waals surface area contributed by atoms with Crippen LogP contribution in [0.2, 0.25) is 0 Å². The first-order chi connectivity index (χ1) is 8.38. The Morgan fingerprint density at radius 1 is 1.17 bits per heavy atom. The summed E-state index contributed by atoms with van der Waals surface area (Å²) in [6, 6.07) is -0.178. The van der Waals surface area contributed by atoms with Crippen LogP contribution in [0.4, 0.5) is 0 Å². The van der Waals surface area contributed by atoms with E-state index in [4.69, 9.17) is 19.9 Å². The van der Waals surface area contributed by atoms with E-state index in [1.165, 1.54) is 0 Å². The molecule has 0 bridgehead atoms. The summed E-state index contributed by atoms with van der Waals surface area (Å²) in [7, 11) is 1.63. The number of nitrogens with two attached hydrogens (primary N) is 1. The van der Waals surface area contributed by atoms with Crippen molar-refractivity contribution in [2.75, 3.05) is 33.5 Å². The van der Waals surface area contributed by atoms with Gasteiger partial charge in [0, 0.05) is 26.2 Å². The molecule has 0 saturated heterocycles. The third kappa shape index (κ3) is 9.39. The third-order valence-corrected chi connectivity index (χ3v) is 2.63. The van der Waals surface area contributed by atoms with E-state index in [1.54, 1.807) is 7.11 Å². The molecular formula is C13H27NO4. The molecule has 0 aliphatic heterocycles. The second-order valence-corrected chi connectivity index (χ2v) is 5.36. The third-order valence-electron chi connectivity index (χ3n) is 2.63. The van der Waals surface area contributed by atoms with Gasteiger partial charge in [-0.2, -0.15) is 0 Å². The van der Waals surface area contributed by atoms with Crippen molar-refractivity contribution < 1.29 is 19.0 Å². The van der Waals surface area contributed by atoms with Gasteiger partial charge >= 0.3 is 5.97 Å². The molecule has 5 nitrogen and oxygen atoms in total. The Morgan fingerprint density at radius 3 is 2.39 bits per heavy atom. The summed E-state index contributed by atoms with van der Waals surface area (Å²) in [6.45, 7) is 8.13. The highest BCUT2D eigenvalue weighted by atomic mass is 16.5. The first kappa shape index (κ1) is 17.4. The molecule has 0 aromatic carbocycles. The van der Waals surface area contributed by atoms with Crippen molar-refractivity contribution in [2.24, 2.45) is 11.1 Å². The molecule has 0 spiro atoms. The molecule has 0 amide bonds. The van der Waals surface area contributed by atoms with Gasteiger partial charge in [0.25, 0.3) is 0 Å². The lowest BCUT2D eigenvalue weighted by Gasteiger charge is -2.26. The molecule has 5 heteroatoms. The molecule has 0 aromatic rings. The predicted octanol–water partition coefficient (Wildman–Crippen LogP) is 1.35. The maximum atomic E-state index is 11.5. The number of hydrogen-bond acceptors (Lipinski definition) is 5. The van der Waals surface area contributed by atoms with E-state index < -0.39 is 0 Å². The molecule has 2 N–H and O–H groups in total. The summed E-state index contributed by atoms with van der Waals surface area (Å²) in [4.78, 5) is 11.5. The van der Waals surface area contributed by atoms with Crippen LogP contribution in [0.3, 0.4) is 0 Å². The molecule has 1 atom stereocenters. The van der Waals surface area contributed by atoms with E-state index in [1.807, 2.05) is 20.8 Å². The summed E-state index contributed by atoms with van der Waals surface area (Å²) in [6.07, 6.45) is 0.953. The Balaban J connectivity index is 3.48. The number of carbonyl (C=O) groups is 1. The van der Waals surface area contributed by atoms with E-state index in [0.29, 0.717) is 32.8 Å². The number of methoxy groups -OCH3 is 1. The zero-order valence-corrected chi connectivity index (χ0v) is 12.0. The SMILES string of the molecule is COCCOCCCOC(=O)CC(N)C(C)(C)C. The molecule has 0 fully saturated rings. The Morgan fingerprint density at radius 2 is 1.83 bits per heavy atom. The number of rotatable bonds is 9. The largest absolute Gasteiger partial charge is 0.466 e. The fourth-order valence-electron chi connectivity index (χ4n) is 1.14. The molecule has 0 heterocycles. The minimum absolute atomic E-state index is 0.0811. The van der Waals surface area contributed by atoms with Crippen LogP contribution >= 0.6 is 0 Å². The van der Waals surface area contributed by atoms with Crippen LogP contribution in [0.5, 0.6) is 0 Å². The molecule has 0 radical (unpaired) electrons. The van der Waals surface area contributed by atoms with Crippen LogP contribution in [0.25, 0.3) is 0 Å². The fraction of sp³-hybridized carbons (Fsp3) is 0.923. The van der Waals surface area contributed by atoms with Gasteiger partial charge < -0.3 is 19.9 Å².